The van der Waals surface area contributed by atoms with Gasteiger partial charge in [0.2, 0.25) is 0 Å². The van der Waals surface area contributed by atoms with Gasteiger partial charge in [0, 0.05) is 19.3 Å². The van der Waals surface area contributed by atoms with Crippen molar-refractivity contribution in [2.24, 2.45) is 0 Å². The molecule has 0 aliphatic rings. The van der Waals surface area contributed by atoms with E-state index in [4.69, 9.17) is 14.2 Å². The summed E-state index contributed by atoms with van der Waals surface area (Å²) in [6, 6.07) is 0. The minimum absolute atomic E-state index is 0.0768. The van der Waals surface area contributed by atoms with Crippen molar-refractivity contribution in [1.82, 2.24) is 0 Å². The van der Waals surface area contributed by atoms with Gasteiger partial charge in [0.15, 0.2) is 6.10 Å². The molecule has 0 bridgehead atoms. The molecule has 0 aromatic rings. The molecule has 0 N–H and O–H groups in total. The second kappa shape index (κ2) is 53.0. The van der Waals surface area contributed by atoms with Crippen molar-refractivity contribution >= 4 is 17.9 Å². The molecule has 0 saturated carbocycles. The van der Waals surface area contributed by atoms with Crippen molar-refractivity contribution in [2.45, 2.75) is 290 Å². The maximum Gasteiger partial charge on any atom is 0.306 e. The number of esters is 3. The highest BCUT2D eigenvalue weighted by molar-refractivity contribution is 5.71. The number of unbranched alkanes of at least 4 members (excludes halogenated alkanes) is 34. The van der Waals surface area contributed by atoms with E-state index in [9.17, 15) is 14.4 Å². The van der Waals surface area contributed by atoms with Gasteiger partial charge >= 0.3 is 17.9 Å². The Hall–Kier alpha value is -2.63. The first-order valence-corrected chi connectivity index (χ1v) is 27.7. The third kappa shape index (κ3) is 50.4. The first kappa shape index (κ1) is 61.4. The zero-order valence-corrected chi connectivity index (χ0v) is 42.6. The second-order valence-electron chi connectivity index (χ2n) is 18.6. The average Bonchev–Trinajstić information content (AvgIpc) is 3.29. The van der Waals surface area contributed by atoms with Crippen LogP contribution >= 0.6 is 0 Å². The molecule has 0 aromatic carbocycles. The molecule has 0 saturated heterocycles. The lowest BCUT2D eigenvalue weighted by Gasteiger charge is -2.18. The van der Waals surface area contributed by atoms with Crippen LogP contribution in [0.3, 0.4) is 0 Å². The first-order chi connectivity index (χ1) is 31.5. The fraction of sp³-hybridized carbons (Fsp3) is 0.810. The van der Waals surface area contributed by atoms with Crippen LogP contribution in [0.5, 0.6) is 0 Å². The Balaban J connectivity index is 4.38. The van der Waals surface area contributed by atoms with Crippen LogP contribution in [-0.2, 0) is 28.6 Å². The van der Waals surface area contributed by atoms with Gasteiger partial charge in [-0.3, -0.25) is 14.4 Å². The summed E-state index contributed by atoms with van der Waals surface area (Å²) in [5.74, 6) is -0.887. The largest absolute Gasteiger partial charge is 0.462 e. The van der Waals surface area contributed by atoms with Gasteiger partial charge in [-0.15, -0.1) is 0 Å². The molecule has 1 atom stereocenters. The van der Waals surface area contributed by atoms with Crippen LogP contribution in [0.1, 0.15) is 284 Å². The predicted molar refractivity (Wildman–Crippen MR) is 275 cm³/mol. The molecule has 6 heteroatoms. The summed E-state index contributed by atoms with van der Waals surface area (Å²) in [6.45, 7) is 6.61. The quantitative estimate of drug-likeness (QED) is 0.0262. The number of carbonyl (C=O) groups excluding carboxylic acids is 3. The Morgan fingerprint density at radius 1 is 0.312 bits per heavy atom. The lowest BCUT2D eigenvalue weighted by molar-refractivity contribution is -0.167. The molecule has 0 aliphatic heterocycles. The summed E-state index contributed by atoms with van der Waals surface area (Å²) in [4.78, 5) is 38.1. The molecular formula is C58H104O6. The van der Waals surface area contributed by atoms with Crippen LogP contribution in [0.15, 0.2) is 48.6 Å². The van der Waals surface area contributed by atoms with Crippen LogP contribution in [0, 0.1) is 0 Å². The van der Waals surface area contributed by atoms with Crippen LogP contribution in [0.25, 0.3) is 0 Å². The van der Waals surface area contributed by atoms with Gasteiger partial charge in [0.1, 0.15) is 13.2 Å². The van der Waals surface area contributed by atoms with Crippen molar-refractivity contribution < 1.29 is 28.6 Å². The van der Waals surface area contributed by atoms with E-state index in [1.165, 1.54) is 161 Å². The third-order valence-electron chi connectivity index (χ3n) is 12.2. The molecule has 0 aromatic heterocycles. The van der Waals surface area contributed by atoms with Crippen LogP contribution < -0.4 is 0 Å². The molecule has 0 radical (unpaired) electrons. The Kier molecular flexibility index (Phi) is 50.8. The standard InChI is InChI=1S/C58H104O6/c1-4-7-10-13-16-19-22-25-27-29-30-32-33-36-39-42-45-48-51-57(60)63-54-55(53-62-56(59)50-47-44-41-38-35-24-21-18-15-12-9-6-3)64-58(61)52-49-46-43-40-37-34-31-28-26-23-20-17-14-11-8-5-2/h16,19,22,25,27,29-30,32,55H,4-15,17-18,20-21,23-24,26,28,31,33-54H2,1-3H3/b19-16-,25-22-,29-27-,32-30-. The number of hydrogen-bond acceptors (Lipinski definition) is 6. The molecule has 0 amide bonds. The van der Waals surface area contributed by atoms with Crippen molar-refractivity contribution in [1.29, 1.82) is 0 Å². The zero-order valence-electron chi connectivity index (χ0n) is 42.6. The Morgan fingerprint density at radius 3 is 0.906 bits per heavy atom. The van der Waals surface area contributed by atoms with E-state index < -0.39 is 6.10 Å². The second-order valence-corrected chi connectivity index (χ2v) is 18.6. The number of carbonyl (C=O) groups is 3. The lowest BCUT2D eigenvalue weighted by Crippen LogP contribution is -2.30. The van der Waals surface area contributed by atoms with Crippen LogP contribution in [0.2, 0.25) is 0 Å². The summed E-state index contributed by atoms with van der Waals surface area (Å²) >= 11 is 0. The van der Waals surface area contributed by atoms with Crippen molar-refractivity contribution in [2.75, 3.05) is 13.2 Å². The van der Waals surface area contributed by atoms with Crippen molar-refractivity contribution in [3.05, 3.63) is 48.6 Å². The zero-order chi connectivity index (χ0) is 46.5. The molecule has 6 nitrogen and oxygen atoms in total. The molecule has 1 unspecified atom stereocenters. The van der Waals surface area contributed by atoms with Gasteiger partial charge in [-0.2, -0.15) is 0 Å². The van der Waals surface area contributed by atoms with Gasteiger partial charge < -0.3 is 14.2 Å². The first-order valence-electron chi connectivity index (χ1n) is 27.7. The SMILES string of the molecule is CCCCC\C=C/C=C\C=C/C=C\CCCCCCCC(=O)OCC(COC(=O)CCCCCCCCCCCCCC)OC(=O)CCCCCCCCCCCCCCCCCC. The summed E-state index contributed by atoms with van der Waals surface area (Å²) in [6.07, 6.45) is 63.7. The van der Waals surface area contributed by atoms with Crippen molar-refractivity contribution in [3.8, 4) is 0 Å². The average molecular weight is 897 g/mol. The summed E-state index contributed by atoms with van der Waals surface area (Å²) < 4.78 is 16.8. The predicted octanol–water partition coefficient (Wildman–Crippen LogP) is 18.3. The topological polar surface area (TPSA) is 78.9 Å². The van der Waals surface area contributed by atoms with E-state index >= 15 is 0 Å². The number of hydrogen-bond donors (Lipinski definition) is 0. The molecule has 0 rings (SSSR count). The molecule has 0 fully saturated rings. The maximum absolute atomic E-state index is 12.8. The molecule has 0 heterocycles. The highest BCUT2D eigenvalue weighted by Gasteiger charge is 2.19. The molecule has 0 spiro atoms. The van der Waals surface area contributed by atoms with Crippen LogP contribution in [0.4, 0.5) is 0 Å². The Morgan fingerprint density at radius 2 is 0.562 bits per heavy atom. The molecular weight excluding hydrogens is 793 g/mol. The van der Waals surface area contributed by atoms with Gasteiger partial charge in [0.05, 0.1) is 0 Å². The summed E-state index contributed by atoms with van der Waals surface area (Å²) in [7, 11) is 0. The molecule has 0 aliphatic carbocycles. The fourth-order valence-electron chi connectivity index (χ4n) is 7.99. The third-order valence-corrected chi connectivity index (χ3v) is 12.2. The van der Waals surface area contributed by atoms with Gasteiger partial charge in [-0.1, -0.05) is 268 Å². The Bertz CT molecular complexity index is 1120. The maximum atomic E-state index is 12.8. The minimum atomic E-state index is -0.778. The number of ether oxygens (including phenoxy) is 3. The van der Waals surface area contributed by atoms with E-state index in [-0.39, 0.29) is 31.1 Å². The van der Waals surface area contributed by atoms with Gasteiger partial charge in [-0.25, -0.2) is 0 Å². The summed E-state index contributed by atoms with van der Waals surface area (Å²) in [5.41, 5.74) is 0. The monoisotopic (exact) mass is 897 g/mol. The smallest absolute Gasteiger partial charge is 0.306 e. The van der Waals surface area contributed by atoms with E-state index in [2.05, 4.69) is 69.4 Å². The summed E-state index contributed by atoms with van der Waals surface area (Å²) in [5, 5.41) is 0. The van der Waals surface area contributed by atoms with Crippen molar-refractivity contribution in [3.63, 3.8) is 0 Å². The Labute approximate surface area is 397 Å². The number of rotatable bonds is 50. The molecule has 64 heavy (non-hydrogen) atoms. The van der Waals surface area contributed by atoms with Gasteiger partial charge in [0.25, 0.3) is 0 Å². The minimum Gasteiger partial charge on any atom is -0.462 e. The van der Waals surface area contributed by atoms with Crippen LogP contribution in [-0.4, -0.2) is 37.2 Å². The van der Waals surface area contributed by atoms with Gasteiger partial charge in [-0.05, 0) is 44.9 Å². The molecule has 372 valence electrons. The highest BCUT2D eigenvalue weighted by Crippen LogP contribution is 2.16. The highest BCUT2D eigenvalue weighted by atomic mass is 16.6. The van der Waals surface area contributed by atoms with E-state index in [1.807, 2.05) is 0 Å². The fourth-order valence-corrected chi connectivity index (χ4v) is 7.99. The van der Waals surface area contributed by atoms with E-state index in [1.54, 1.807) is 0 Å². The van der Waals surface area contributed by atoms with E-state index in [0.717, 1.165) is 83.5 Å². The normalized spacial score (nSPS) is 12.4. The number of allylic oxidation sites excluding steroid dienone is 8. The van der Waals surface area contributed by atoms with E-state index in [0.29, 0.717) is 19.3 Å². The lowest BCUT2D eigenvalue weighted by atomic mass is 10.0.